The molecule has 0 spiro atoms. The van der Waals surface area contributed by atoms with Crippen molar-refractivity contribution in [3.05, 3.63) is 35.5 Å². The molecule has 3 fully saturated rings. The summed E-state index contributed by atoms with van der Waals surface area (Å²) >= 11 is 0. The van der Waals surface area contributed by atoms with Gasteiger partial charge in [-0.1, -0.05) is 56.6 Å². The first-order chi connectivity index (χ1) is 13.4. The van der Waals surface area contributed by atoms with Gasteiger partial charge < -0.3 is 15.3 Å². The van der Waals surface area contributed by atoms with Gasteiger partial charge in [-0.3, -0.25) is 0 Å². The Kier molecular flexibility index (Phi) is 7.22. The highest BCUT2D eigenvalue weighted by molar-refractivity contribution is 5.29. The first-order valence-corrected chi connectivity index (χ1v) is 11.4. The van der Waals surface area contributed by atoms with Crippen LogP contribution in [0.25, 0.3) is 0 Å². The summed E-state index contributed by atoms with van der Waals surface area (Å²) in [5.74, 6) is 2.19. The Hall–Kier alpha value is -0.900. The summed E-state index contributed by atoms with van der Waals surface area (Å²) in [6.45, 7) is 9.07. The van der Waals surface area contributed by atoms with Gasteiger partial charge in [0, 0.05) is 6.61 Å². The van der Waals surface area contributed by atoms with E-state index in [1.165, 1.54) is 38.5 Å². The Morgan fingerprint density at radius 2 is 1.86 bits per heavy atom. The number of hydrogen-bond acceptors (Lipinski definition) is 3. The molecule has 0 aliphatic heterocycles. The van der Waals surface area contributed by atoms with E-state index in [1.807, 2.05) is 0 Å². The van der Waals surface area contributed by atoms with E-state index >= 15 is 0 Å². The first-order valence-electron chi connectivity index (χ1n) is 11.4. The molecule has 0 heterocycles. The summed E-state index contributed by atoms with van der Waals surface area (Å²) < 4.78 is 0. The topological polar surface area (TPSA) is 60.7 Å². The Bertz CT molecular complexity index is 603. The molecule has 0 amide bonds. The van der Waals surface area contributed by atoms with E-state index in [0.29, 0.717) is 36.4 Å². The van der Waals surface area contributed by atoms with Crippen LogP contribution in [0.15, 0.2) is 35.5 Å². The van der Waals surface area contributed by atoms with Crippen LogP contribution in [0.3, 0.4) is 0 Å². The van der Waals surface area contributed by atoms with Crippen molar-refractivity contribution in [1.29, 1.82) is 0 Å². The number of unbranched alkanes of at least 4 members (excludes halogenated alkanes) is 1. The minimum absolute atomic E-state index is 0.315. The number of allylic oxidation sites excluding steroid dienone is 3. The van der Waals surface area contributed by atoms with E-state index in [2.05, 4.69) is 32.6 Å². The maximum atomic E-state index is 10.1. The molecule has 0 aromatic heterocycles. The lowest BCUT2D eigenvalue weighted by molar-refractivity contribution is 0.0925. The second-order valence-corrected chi connectivity index (χ2v) is 9.87. The van der Waals surface area contributed by atoms with Gasteiger partial charge in [0.05, 0.1) is 12.2 Å². The Morgan fingerprint density at radius 3 is 2.54 bits per heavy atom. The molecule has 0 bridgehead atoms. The highest BCUT2D eigenvalue weighted by atomic mass is 16.3. The van der Waals surface area contributed by atoms with E-state index in [-0.39, 0.29) is 0 Å². The molecule has 0 aromatic carbocycles. The molecule has 3 N–H and O–H groups in total. The van der Waals surface area contributed by atoms with Gasteiger partial charge in [-0.25, -0.2) is 0 Å². The van der Waals surface area contributed by atoms with Crippen molar-refractivity contribution in [3.8, 4) is 0 Å². The third-order valence-corrected chi connectivity index (χ3v) is 8.09. The monoisotopic (exact) mass is 388 g/mol. The average molecular weight is 389 g/mol. The van der Waals surface area contributed by atoms with Gasteiger partial charge in [0.15, 0.2) is 0 Å². The largest absolute Gasteiger partial charge is 0.396 e. The van der Waals surface area contributed by atoms with Crippen LogP contribution in [0.5, 0.6) is 0 Å². The minimum atomic E-state index is -0.611. The number of hydrogen-bond donors (Lipinski definition) is 3. The van der Waals surface area contributed by atoms with Gasteiger partial charge in [-0.2, -0.15) is 0 Å². The van der Waals surface area contributed by atoms with Gasteiger partial charge in [0.1, 0.15) is 0 Å². The zero-order chi connectivity index (χ0) is 20.3. The molecule has 3 saturated carbocycles. The number of aliphatic hydroxyl groups is 3. The standard InChI is InChI=1S/C25H40O3/c1-17(7-4-5-14-26)21-11-12-22-20(8-6-13-25(21,22)3)10-9-19-15-23(27)18(2)24(28)16-19/h9-10,17,21-24,26-28H,2,4-8,11-16H2,1,3H3/t17-,21+,22-,23+,24+,25+/m0/s1. The summed E-state index contributed by atoms with van der Waals surface area (Å²) in [5.41, 5.74) is 3.68. The van der Waals surface area contributed by atoms with Crippen molar-refractivity contribution in [2.75, 3.05) is 6.61 Å². The molecule has 0 radical (unpaired) electrons. The first kappa shape index (κ1) is 21.8. The highest BCUT2D eigenvalue weighted by Gasteiger charge is 2.50. The van der Waals surface area contributed by atoms with Gasteiger partial charge in [-0.15, -0.1) is 0 Å². The van der Waals surface area contributed by atoms with E-state index in [9.17, 15) is 10.2 Å². The number of aliphatic hydroxyl groups excluding tert-OH is 3. The lowest BCUT2D eigenvalue weighted by atomic mass is 9.60. The average Bonchev–Trinajstić information content (AvgIpc) is 3.02. The van der Waals surface area contributed by atoms with Crippen LogP contribution >= 0.6 is 0 Å². The van der Waals surface area contributed by atoms with Crippen molar-refractivity contribution in [2.24, 2.45) is 23.2 Å². The lowest BCUT2D eigenvalue weighted by Crippen LogP contribution is -2.36. The lowest BCUT2D eigenvalue weighted by Gasteiger charge is -2.44. The van der Waals surface area contributed by atoms with E-state index in [1.54, 1.807) is 5.57 Å². The quantitative estimate of drug-likeness (QED) is 0.447. The van der Waals surface area contributed by atoms with Crippen molar-refractivity contribution in [1.82, 2.24) is 0 Å². The zero-order valence-corrected chi connectivity index (χ0v) is 17.9. The number of rotatable bonds is 6. The van der Waals surface area contributed by atoms with E-state index in [4.69, 9.17) is 5.11 Å². The van der Waals surface area contributed by atoms with Crippen molar-refractivity contribution < 1.29 is 15.3 Å². The molecule has 158 valence electrons. The van der Waals surface area contributed by atoms with Gasteiger partial charge in [0.25, 0.3) is 0 Å². The molecular formula is C25H40O3. The van der Waals surface area contributed by atoms with Crippen LogP contribution in [0.1, 0.15) is 78.1 Å². The van der Waals surface area contributed by atoms with Crippen molar-refractivity contribution in [3.63, 3.8) is 0 Å². The molecule has 3 heteroatoms. The predicted octanol–water partition coefficient (Wildman–Crippen LogP) is 4.93. The second kappa shape index (κ2) is 9.28. The van der Waals surface area contributed by atoms with Gasteiger partial charge in [-0.05, 0) is 80.1 Å². The molecule has 6 atom stereocenters. The Labute approximate surface area is 171 Å². The SMILES string of the molecule is C=C1[C@H](O)CC(=CC=C2CCC[C@]3(C)[C@@H]([C@@H](C)CCCCO)CC[C@@H]23)C[C@H]1O. The summed E-state index contributed by atoms with van der Waals surface area (Å²) in [7, 11) is 0. The summed E-state index contributed by atoms with van der Waals surface area (Å²) in [6, 6.07) is 0. The Balaban J connectivity index is 1.70. The maximum Gasteiger partial charge on any atom is 0.0809 e. The molecule has 3 aliphatic carbocycles. The van der Waals surface area contributed by atoms with Crippen LogP contribution in [-0.2, 0) is 0 Å². The maximum absolute atomic E-state index is 10.1. The van der Waals surface area contributed by atoms with E-state index in [0.717, 1.165) is 30.3 Å². The zero-order valence-electron chi connectivity index (χ0n) is 17.9. The van der Waals surface area contributed by atoms with Crippen LogP contribution in [0, 0.1) is 23.2 Å². The fourth-order valence-corrected chi connectivity index (χ4v) is 6.42. The van der Waals surface area contributed by atoms with Crippen LogP contribution < -0.4 is 0 Å². The third-order valence-electron chi connectivity index (χ3n) is 8.09. The molecular weight excluding hydrogens is 348 g/mol. The van der Waals surface area contributed by atoms with Crippen LogP contribution in [0.4, 0.5) is 0 Å². The Morgan fingerprint density at radius 1 is 1.14 bits per heavy atom. The highest BCUT2D eigenvalue weighted by Crippen LogP contribution is 2.59. The van der Waals surface area contributed by atoms with E-state index < -0.39 is 12.2 Å². The molecule has 0 unspecified atom stereocenters. The van der Waals surface area contributed by atoms with Crippen LogP contribution in [0.2, 0.25) is 0 Å². The normalized spacial score (nSPS) is 38.5. The van der Waals surface area contributed by atoms with Gasteiger partial charge >= 0.3 is 0 Å². The van der Waals surface area contributed by atoms with Crippen molar-refractivity contribution in [2.45, 2.75) is 90.3 Å². The fraction of sp³-hybridized carbons (Fsp3) is 0.760. The fourth-order valence-electron chi connectivity index (χ4n) is 6.42. The third kappa shape index (κ3) is 4.47. The minimum Gasteiger partial charge on any atom is -0.396 e. The number of fused-ring (bicyclic) bond motifs is 1. The molecule has 0 saturated heterocycles. The van der Waals surface area contributed by atoms with Gasteiger partial charge in [0.2, 0.25) is 0 Å². The summed E-state index contributed by atoms with van der Waals surface area (Å²) in [4.78, 5) is 0. The molecule has 0 aromatic rings. The van der Waals surface area contributed by atoms with Crippen LogP contribution in [-0.4, -0.2) is 34.1 Å². The second-order valence-electron chi connectivity index (χ2n) is 9.87. The van der Waals surface area contributed by atoms with Crippen molar-refractivity contribution >= 4 is 0 Å². The summed E-state index contributed by atoms with van der Waals surface area (Å²) in [5, 5.41) is 29.3. The molecule has 28 heavy (non-hydrogen) atoms. The molecule has 3 aliphatic rings. The molecule has 3 rings (SSSR count). The smallest absolute Gasteiger partial charge is 0.0809 e. The molecule has 3 nitrogen and oxygen atoms in total. The summed E-state index contributed by atoms with van der Waals surface area (Å²) in [6.07, 6.45) is 14.2. The predicted molar refractivity (Wildman–Crippen MR) is 115 cm³/mol.